The van der Waals surface area contributed by atoms with E-state index in [0.717, 1.165) is 25.7 Å². The molecule has 0 aromatic carbocycles. The summed E-state index contributed by atoms with van der Waals surface area (Å²) in [6, 6.07) is -0.174. The summed E-state index contributed by atoms with van der Waals surface area (Å²) in [6.45, 7) is 6.36. The van der Waals surface area contributed by atoms with E-state index in [-0.39, 0.29) is 23.0 Å². The minimum Gasteiger partial charge on any atom is -0.469 e. The summed E-state index contributed by atoms with van der Waals surface area (Å²) in [5, 5.41) is 5.80. The number of urea groups is 1. The maximum Gasteiger partial charge on any atom is 0.315 e. The van der Waals surface area contributed by atoms with Crippen LogP contribution in [-0.4, -0.2) is 31.2 Å². The first kappa shape index (κ1) is 16.8. The number of amides is 2. The molecule has 0 bridgehead atoms. The van der Waals surface area contributed by atoms with Gasteiger partial charge in [0.25, 0.3) is 0 Å². The summed E-state index contributed by atoms with van der Waals surface area (Å²) in [6.07, 6.45) is 5.76. The summed E-state index contributed by atoms with van der Waals surface area (Å²) in [7, 11) is 1.42. The minimum atomic E-state index is -0.258. The Bertz CT molecular complexity index is 342. The molecule has 2 N–H and O–H groups in total. The van der Waals surface area contributed by atoms with Gasteiger partial charge in [-0.1, -0.05) is 19.3 Å². The fourth-order valence-corrected chi connectivity index (χ4v) is 2.75. The first-order valence-electron chi connectivity index (χ1n) is 7.39. The Morgan fingerprint density at radius 2 is 1.75 bits per heavy atom. The van der Waals surface area contributed by atoms with Crippen LogP contribution in [0.1, 0.15) is 59.3 Å². The fraction of sp³-hybridized carbons (Fsp3) is 0.867. The normalized spacial score (nSPS) is 18.2. The topological polar surface area (TPSA) is 67.4 Å². The van der Waals surface area contributed by atoms with E-state index < -0.39 is 0 Å². The lowest BCUT2D eigenvalue weighted by Gasteiger charge is -2.36. The molecule has 0 aliphatic heterocycles. The molecular weight excluding hydrogens is 256 g/mol. The largest absolute Gasteiger partial charge is 0.469 e. The number of esters is 1. The van der Waals surface area contributed by atoms with Gasteiger partial charge in [0.2, 0.25) is 0 Å². The van der Waals surface area contributed by atoms with Crippen LogP contribution in [-0.2, 0) is 9.53 Å². The SMILES string of the molecule is COC(=O)CC1(CNC(=O)NC(C)(C)C)CCCCC1. The third kappa shape index (κ3) is 5.80. The van der Waals surface area contributed by atoms with Crippen molar-refractivity contribution in [3.05, 3.63) is 0 Å². The number of hydrogen-bond donors (Lipinski definition) is 2. The Labute approximate surface area is 121 Å². The number of methoxy groups -OCH3 is 1. The molecule has 1 fully saturated rings. The Morgan fingerprint density at radius 3 is 2.25 bits per heavy atom. The Kier molecular flexibility index (Phi) is 5.84. The molecule has 0 atom stereocenters. The zero-order valence-corrected chi connectivity index (χ0v) is 13.2. The molecule has 1 aliphatic carbocycles. The van der Waals surface area contributed by atoms with Crippen molar-refractivity contribution in [3.8, 4) is 0 Å². The van der Waals surface area contributed by atoms with Gasteiger partial charge in [-0.3, -0.25) is 4.79 Å². The number of rotatable bonds is 4. The van der Waals surface area contributed by atoms with Gasteiger partial charge in [0, 0.05) is 12.1 Å². The number of hydrogen-bond acceptors (Lipinski definition) is 3. The Balaban J connectivity index is 2.57. The fourth-order valence-electron chi connectivity index (χ4n) is 2.75. The summed E-state index contributed by atoms with van der Waals surface area (Å²) < 4.78 is 4.80. The standard InChI is InChI=1S/C15H28N2O3/c1-14(2,3)17-13(19)16-11-15(10-12(18)20-4)8-6-5-7-9-15/h5-11H2,1-4H3,(H2,16,17,19). The van der Waals surface area contributed by atoms with Crippen molar-refractivity contribution >= 4 is 12.0 Å². The van der Waals surface area contributed by atoms with Gasteiger partial charge < -0.3 is 15.4 Å². The molecule has 5 heteroatoms. The van der Waals surface area contributed by atoms with Crippen molar-refractivity contribution in [2.75, 3.05) is 13.7 Å². The summed E-state index contributed by atoms with van der Waals surface area (Å²) >= 11 is 0. The van der Waals surface area contributed by atoms with Crippen LogP contribution in [0.5, 0.6) is 0 Å². The highest BCUT2D eigenvalue weighted by Crippen LogP contribution is 2.39. The zero-order valence-electron chi connectivity index (χ0n) is 13.2. The Morgan fingerprint density at radius 1 is 1.15 bits per heavy atom. The minimum absolute atomic E-state index is 0.138. The molecule has 5 nitrogen and oxygen atoms in total. The predicted octanol–water partition coefficient (Wildman–Crippen LogP) is 2.60. The zero-order chi connectivity index (χ0) is 15.2. The third-order valence-corrected chi connectivity index (χ3v) is 3.77. The molecule has 0 aromatic heterocycles. The third-order valence-electron chi connectivity index (χ3n) is 3.77. The van der Waals surface area contributed by atoms with E-state index in [4.69, 9.17) is 4.74 Å². The maximum absolute atomic E-state index is 11.9. The monoisotopic (exact) mass is 284 g/mol. The van der Waals surface area contributed by atoms with Gasteiger partial charge in [-0.15, -0.1) is 0 Å². The molecule has 0 spiro atoms. The quantitative estimate of drug-likeness (QED) is 0.780. The Hall–Kier alpha value is -1.26. The molecule has 0 radical (unpaired) electrons. The number of carbonyl (C=O) groups is 2. The highest BCUT2D eigenvalue weighted by Gasteiger charge is 2.35. The second kappa shape index (κ2) is 6.95. The smallest absolute Gasteiger partial charge is 0.315 e. The highest BCUT2D eigenvalue weighted by molar-refractivity contribution is 5.75. The number of carbonyl (C=O) groups excluding carboxylic acids is 2. The maximum atomic E-state index is 11.9. The molecule has 1 rings (SSSR count). The first-order valence-corrected chi connectivity index (χ1v) is 7.39. The lowest BCUT2D eigenvalue weighted by molar-refractivity contribution is -0.144. The molecule has 1 aliphatic rings. The van der Waals surface area contributed by atoms with Crippen LogP contribution in [0.3, 0.4) is 0 Å². The molecule has 1 saturated carbocycles. The van der Waals surface area contributed by atoms with E-state index in [1.807, 2.05) is 20.8 Å². The summed E-state index contributed by atoms with van der Waals surface area (Å²) in [4.78, 5) is 23.5. The lowest BCUT2D eigenvalue weighted by atomic mass is 9.71. The van der Waals surface area contributed by atoms with E-state index >= 15 is 0 Å². The van der Waals surface area contributed by atoms with Crippen molar-refractivity contribution in [2.24, 2.45) is 5.41 Å². The van der Waals surface area contributed by atoms with Crippen molar-refractivity contribution < 1.29 is 14.3 Å². The molecule has 0 aromatic rings. The van der Waals surface area contributed by atoms with E-state index in [1.165, 1.54) is 13.5 Å². The van der Waals surface area contributed by atoms with Crippen molar-refractivity contribution in [2.45, 2.75) is 64.8 Å². The second-order valence-electron chi connectivity index (χ2n) is 6.87. The van der Waals surface area contributed by atoms with Crippen LogP contribution in [0.15, 0.2) is 0 Å². The molecule has 0 saturated heterocycles. The van der Waals surface area contributed by atoms with Crippen LogP contribution >= 0.6 is 0 Å². The van der Waals surface area contributed by atoms with Crippen LogP contribution in [0.4, 0.5) is 4.79 Å². The van der Waals surface area contributed by atoms with Crippen LogP contribution in [0.25, 0.3) is 0 Å². The van der Waals surface area contributed by atoms with E-state index in [2.05, 4.69) is 10.6 Å². The van der Waals surface area contributed by atoms with E-state index in [9.17, 15) is 9.59 Å². The van der Waals surface area contributed by atoms with E-state index in [0.29, 0.717) is 13.0 Å². The van der Waals surface area contributed by atoms with Crippen molar-refractivity contribution in [3.63, 3.8) is 0 Å². The van der Waals surface area contributed by atoms with Gasteiger partial charge in [0.05, 0.1) is 13.5 Å². The summed E-state index contributed by atoms with van der Waals surface area (Å²) in [5.41, 5.74) is -0.396. The predicted molar refractivity (Wildman–Crippen MR) is 78.4 cm³/mol. The molecule has 20 heavy (non-hydrogen) atoms. The van der Waals surface area contributed by atoms with E-state index in [1.54, 1.807) is 0 Å². The van der Waals surface area contributed by atoms with Gasteiger partial charge in [-0.25, -0.2) is 4.79 Å². The molecule has 0 heterocycles. The van der Waals surface area contributed by atoms with Gasteiger partial charge in [-0.05, 0) is 39.0 Å². The highest BCUT2D eigenvalue weighted by atomic mass is 16.5. The average molecular weight is 284 g/mol. The summed E-state index contributed by atoms with van der Waals surface area (Å²) in [5.74, 6) is -0.190. The molecular formula is C15H28N2O3. The van der Waals surface area contributed by atoms with Gasteiger partial charge in [0.1, 0.15) is 0 Å². The van der Waals surface area contributed by atoms with Crippen LogP contribution < -0.4 is 10.6 Å². The van der Waals surface area contributed by atoms with Gasteiger partial charge >= 0.3 is 12.0 Å². The average Bonchev–Trinajstić information content (AvgIpc) is 2.35. The molecule has 2 amide bonds. The number of nitrogens with one attached hydrogen (secondary N) is 2. The first-order chi connectivity index (χ1) is 9.26. The lowest BCUT2D eigenvalue weighted by Crippen LogP contribution is -2.50. The van der Waals surface area contributed by atoms with Crippen molar-refractivity contribution in [1.82, 2.24) is 10.6 Å². The van der Waals surface area contributed by atoms with Crippen molar-refractivity contribution in [1.29, 1.82) is 0 Å². The second-order valence-corrected chi connectivity index (χ2v) is 6.87. The molecule has 0 unspecified atom stereocenters. The van der Waals surface area contributed by atoms with Crippen LogP contribution in [0, 0.1) is 5.41 Å². The van der Waals surface area contributed by atoms with Gasteiger partial charge in [0.15, 0.2) is 0 Å². The van der Waals surface area contributed by atoms with Crippen LogP contribution in [0.2, 0.25) is 0 Å². The molecule has 116 valence electrons. The van der Waals surface area contributed by atoms with Gasteiger partial charge in [-0.2, -0.15) is 0 Å². The number of ether oxygens (including phenoxy) is 1.